The van der Waals surface area contributed by atoms with Crippen LogP contribution in [-0.4, -0.2) is 35.6 Å². The molecule has 0 fully saturated rings. The van der Waals surface area contributed by atoms with E-state index in [1.807, 2.05) is 31.2 Å². The first kappa shape index (κ1) is 15.6. The normalized spacial score (nSPS) is 10.2. The Morgan fingerprint density at radius 2 is 2.19 bits per heavy atom. The van der Waals surface area contributed by atoms with E-state index in [0.29, 0.717) is 16.1 Å². The highest BCUT2D eigenvalue weighted by Crippen LogP contribution is 2.31. The van der Waals surface area contributed by atoms with Crippen LogP contribution >= 0.6 is 23.1 Å². The number of methoxy groups -OCH3 is 1. The molecular formula is C13H15N3O3S2. The molecule has 0 amide bonds. The minimum atomic E-state index is -0.286. The molecule has 1 aromatic heterocycles. The lowest BCUT2D eigenvalue weighted by molar-refractivity contribution is -0.137. The summed E-state index contributed by atoms with van der Waals surface area (Å²) in [6, 6.07) is 7.63. The second kappa shape index (κ2) is 7.84. The van der Waals surface area contributed by atoms with Gasteiger partial charge in [0.1, 0.15) is 5.75 Å². The van der Waals surface area contributed by atoms with Gasteiger partial charge in [0.25, 0.3) is 0 Å². The predicted octanol–water partition coefficient (Wildman–Crippen LogP) is 2.95. The summed E-state index contributed by atoms with van der Waals surface area (Å²) >= 11 is 2.67. The molecule has 0 radical (unpaired) electrons. The lowest BCUT2D eigenvalue weighted by Gasteiger charge is -2.09. The lowest BCUT2D eigenvalue weighted by Crippen LogP contribution is -2.02. The van der Waals surface area contributed by atoms with Gasteiger partial charge in [-0.15, -0.1) is 10.2 Å². The molecule has 0 bridgehead atoms. The second-order valence-electron chi connectivity index (χ2n) is 3.79. The van der Waals surface area contributed by atoms with Crippen LogP contribution in [0.1, 0.15) is 6.92 Å². The summed E-state index contributed by atoms with van der Waals surface area (Å²) in [4.78, 5) is 11.1. The van der Waals surface area contributed by atoms with Gasteiger partial charge in [-0.2, -0.15) is 0 Å². The molecule has 0 aliphatic heterocycles. The number of ether oxygens (including phenoxy) is 2. The van der Waals surface area contributed by atoms with E-state index in [-0.39, 0.29) is 11.7 Å². The number of hydrogen-bond acceptors (Lipinski definition) is 8. The molecule has 2 rings (SSSR count). The zero-order valence-corrected chi connectivity index (χ0v) is 13.3. The van der Waals surface area contributed by atoms with Crippen molar-refractivity contribution in [1.29, 1.82) is 0 Å². The van der Waals surface area contributed by atoms with Crippen molar-refractivity contribution in [1.82, 2.24) is 10.2 Å². The number of thioether (sulfide) groups is 1. The maximum absolute atomic E-state index is 11.1. The van der Waals surface area contributed by atoms with Gasteiger partial charge in [0, 0.05) is 0 Å². The lowest BCUT2D eigenvalue weighted by atomic mass is 10.3. The zero-order valence-electron chi connectivity index (χ0n) is 11.7. The Balaban J connectivity index is 2.00. The van der Waals surface area contributed by atoms with Gasteiger partial charge in [-0.05, 0) is 19.1 Å². The Morgan fingerprint density at radius 1 is 1.38 bits per heavy atom. The van der Waals surface area contributed by atoms with Gasteiger partial charge in [-0.25, -0.2) is 0 Å². The summed E-state index contributed by atoms with van der Waals surface area (Å²) in [6.07, 6.45) is 0. The van der Waals surface area contributed by atoms with Gasteiger partial charge in [-0.3, -0.25) is 4.79 Å². The molecule has 0 saturated carbocycles. The summed E-state index contributed by atoms with van der Waals surface area (Å²) in [6.45, 7) is 2.53. The molecule has 0 aliphatic rings. The van der Waals surface area contributed by atoms with E-state index in [0.717, 1.165) is 11.4 Å². The van der Waals surface area contributed by atoms with Crippen LogP contribution < -0.4 is 10.1 Å². The minimum absolute atomic E-state index is 0.223. The first-order chi connectivity index (χ1) is 10.2. The van der Waals surface area contributed by atoms with Gasteiger partial charge in [0.05, 0.1) is 25.2 Å². The average Bonchev–Trinajstić information content (AvgIpc) is 2.94. The topological polar surface area (TPSA) is 73.3 Å². The smallest absolute Gasteiger partial charge is 0.316 e. The van der Waals surface area contributed by atoms with Crippen molar-refractivity contribution in [3.63, 3.8) is 0 Å². The van der Waals surface area contributed by atoms with E-state index in [1.165, 1.54) is 30.2 Å². The molecule has 1 aromatic carbocycles. The maximum Gasteiger partial charge on any atom is 0.316 e. The Kier molecular flexibility index (Phi) is 5.82. The first-order valence-corrected chi connectivity index (χ1v) is 8.05. The number of carbonyl (C=O) groups is 1. The molecular weight excluding hydrogens is 310 g/mol. The molecule has 1 N–H and O–H groups in total. The molecule has 0 spiro atoms. The molecule has 0 unspecified atom stereocenters. The van der Waals surface area contributed by atoms with Crippen LogP contribution in [0.2, 0.25) is 0 Å². The van der Waals surface area contributed by atoms with Crippen molar-refractivity contribution in [2.75, 3.05) is 24.8 Å². The zero-order chi connectivity index (χ0) is 15.1. The van der Waals surface area contributed by atoms with Crippen LogP contribution in [0.25, 0.3) is 0 Å². The van der Waals surface area contributed by atoms with Crippen LogP contribution in [0.5, 0.6) is 5.75 Å². The van der Waals surface area contributed by atoms with E-state index in [9.17, 15) is 4.79 Å². The summed E-state index contributed by atoms with van der Waals surface area (Å²) in [7, 11) is 1.36. The largest absolute Gasteiger partial charge is 0.492 e. The summed E-state index contributed by atoms with van der Waals surface area (Å²) in [5.74, 6) is 0.700. The molecule has 0 atom stereocenters. The Labute approximate surface area is 130 Å². The number of para-hydroxylation sites is 2. The first-order valence-electron chi connectivity index (χ1n) is 6.25. The number of carbonyl (C=O) groups excluding carboxylic acids is 1. The van der Waals surface area contributed by atoms with Gasteiger partial charge in [0.15, 0.2) is 4.34 Å². The van der Waals surface area contributed by atoms with Crippen LogP contribution in [0.15, 0.2) is 28.6 Å². The number of anilines is 2. The van der Waals surface area contributed by atoms with E-state index >= 15 is 0 Å². The van der Waals surface area contributed by atoms with Crippen molar-refractivity contribution in [3.05, 3.63) is 24.3 Å². The highest BCUT2D eigenvalue weighted by atomic mass is 32.2. The maximum atomic E-state index is 11.1. The van der Waals surface area contributed by atoms with E-state index in [4.69, 9.17) is 4.74 Å². The minimum Gasteiger partial charge on any atom is -0.492 e. The van der Waals surface area contributed by atoms with Crippen molar-refractivity contribution in [2.24, 2.45) is 0 Å². The van der Waals surface area contributed by atoms with Crippen molar-refractivity contribution in [3.8, 4) is 5.75 Å². The van der Waals surface area contributed by atoms with Gasteiger partial charge in [-0.1, -0.05) is 35.2 Å². The summed E-state index contributed by atoms with van der Waals surface area (Å²) in [5.41, 5.74) is 0.833. The van der Waals surface area contributed by atoms with Crippen molar-refractivity contribution in [2.45, 2.75) is 11.3 Å². The number of benzene rings is 1. The second-order valence-corrected chi connectivity index (χ2v) is 5.99. The Hall–Kier alpha value is -1.80. The summed E-state index contributed by atoms with van der Waals surface area (Å²) < 4.78 is 10.8. The Bertz CT molecular complexity index is 604. The molecule has 6 nitrogen and oxygen atoms in total. The molecule has 21 heavy (non-hydrogen) atoms. The number of nitrogens with one attached hydrogen (secondary N) is 1. The standard InChI is InChI=1S/C13H15N3O3S2/c1-3-19-10-7-5-4-6-9(10)14-12-15-16-13(21-12)20-8-11(17)18-2/h4-7H,3,8H2,1-2H3,(H,14,15). The molecule has 2 aromatic rings. The van der Waals surface area contributed by atoms with Gasteiger partial charge >= 0.3 is 5.97 Å². The van der Waals surface area contributed by atoms with Crippen LogP contribution in [-0.2, 0) is 9.53 Å². The number of aromatic nitrogens is 2. The monoisotopic (exact) mass is 325 g/mol. The average molecular weight is 325 g/mol. The fraction of sp³-hybridized carbons (Fsp3) is 0.308. The number of nitrogens with zero attached hydrogens (tertiary/aromatic N) is 2. The third-order valence-corrected chi connectivity index (χ3v) is 4.32. The van der Waals surface area contributed by atoms with Crippen molar-refractivity contribution < 1.29 is 14.3 Å². The Morgan fingerprint density at radius 3 is 2.95 bits per heavy atom. The fourth-order valence-corrected chi connectivity index (χ4v) is 3.06. The van der Waals surface area contributed by atoms with Crippen LogP contribution in [0.4, 0.5) is 10.8 Å². The third-order valence-electron chi connectivity index (χ3n) is 2.38. The van der Waals surface area contributed by atoms with Crippen LogP contribution in [0.3, 0.4) is 0 Å². The van der Waals surface area contributed by atoms with Gasteiger partial charge in [0.2, 0.25) is 5.13 Å². The van der Waals surface area contributed by atoms with E-state index < -0.39 is 0 Å². The van der Waals surface area contributed by atoms with Crippen molar-refractivity contribution >= 4 is 39.9 Å². The molecule has 0 aliphatic carbocycles. The summed E-state index contributed by atoms with van der Waals surface area (Å²) in [5, 5.41) is 11.9. The van der Waals surface area contributed by atoms with Crippen LogP contribution in [0, 0.1) is 0 Å². The van der Waals surface area contributed by atoms with E-state index in [2.05, 4.69) is 20.3 Å². The highest BCUT2D eigenvalue weighted by molar-refractivity contribution is 8.01. The SMILES string of the molecule is CCOc1ccccc1Nc1nnc(SCC(=O)OC)s1. The molecule has 8 heteroatoms. The van der Waals surface area contributed by atoms with E-state index in [1.54, 1.807) is 0 Å². The quantitative estimate of drug-likeness (QED) is 0.619. The number of rotatable bonds is 7. The number of hydrogen-bond donors (Lipinski definition) is 1. The predicted molar refractivity (Wildman–Crippen MR) is 83.5 cm³/mol. The number of esters is 1. The molecule has 112 valence electrons. The third kappa shape index (κ3) is 4.61. The van der Waals surface area contributed by atoms with Gasteiger partial charge < -0.3 is 14.8 Å². The highest BCUT2D eigenvalue weighted by Gasteiger charge is 2.10. The molecule has 0 saturated heterocycles. The molecule has 1 heterocycles. The fourth-order valence-electron chi connectivity index (χ4n) is 1.46.